The van der Waals surface area contributed by atoms with Crippen LogP contribution in [0.4, 0.5) is 5.69 Å². The lowest BCUT2D eigenvalue weighted by atomic mass is 9.79. The van der Waals surface area contributed by atoms with Crippen molar-refractivity contribution in [3.05, 3.63) is 105 Å². The monoisotopic (exact) mass is 802 g/mol. The Hall–Kier alpha value is -5.63. The molecule has 0 heterocycles. The van der Waals surface area contributed by atoms with Crippen LogP contribution in [0.25, 0.3) is 0 Å². The Balaban J connectivity index is 1.16. The van der Waals surface area contributed by atoms with Crippen LogP contribution < -0.4 is 26.6 Å². The van der Waals surface area contributed by atoms with Gasteiger partial charge in [-0.15, -0.1) is 4.91 Å². The lowest BCUT2D eigenvalue weighted by molar-refractivity contribution is -0.140. The zero-order valence-corrected chi connectivity index (χ0v) is 32.7. The van der Waals surface area contributed by atoms with Crippen LogP contribution in [0.5, 0.6) is 0 Å². The summed E-state index contributed by atoms with van der Waals surface area (Å²) in [5, 5.41) is 26.3. The first kappa shape index (κ1) is 44.1. The lowest BCUT2D eigenvalue weighted by Crippen LogP contribution is -2.45. The Morgan fingerprint density at radius 3 is 2.00 bits per heavy atom. The van der Waals surface area contributed by atoms with E-state index >= 15 is 0 Å². The van der Waals surface area contributed by atoms with Gasteiger partial charge in [0.2, 0.25) is 29.5 Å². The van der Waals surface area contributed by atoms with Gasteiger partial charge in [0, 0.05) is 43.1 Å². The molecule has 1 saturated carbocycles. The Morgan fingerprint density at radius 1 is 0.702 bits per heavy atom. The fraction of sp³-hybridized carbons (Fsp3) is 0.429. The van der Waals surface area contributed by atoms with Crippen LogP contribution in [0.15, 0.2) is 84.0 Å². The van der Waals surface area contributed by atoms with E-state index < -0.39 is 41.2 Å². The van der Waals surface area contributed by atoms with Crippen molar-refractivity contribution in [1.29, 1.82) is 0 Å². The van der Waals surface area contributed by atoms with Crippen molar-refractivity contribution in [2.45, 2.75) is 89.1 Å². The molecule has 0 bridgehead atoms. The molecule has 14 nitrogen and oxygen atoms in total. The summed E-state index contributed by atoms with van der Waals surface area (Å²) in [6, 6.07) is 20.5. The fourth-order valence-corrected chi connectivity index (χ4v) is 7.18. The molecule has 5 amide bonds. The average Bonchev–Trinajstić information content (AvgIpc) is 3.63. The molecule has 57 heavy (non-hydrogen) atoms. The number of benzene rings is 3. The minimum Gasteiger partial charge on any atom is -0.481 e. The molecule has 0 aliphatic heterocycles. The normalized spacial score (nSPS) is 14.1. The van der Waals surface area contributed by atoms with Crippen LogP contribution in [0.2, 0.25) is 5.02 Å². The van der Waals surface area contributed by atoms with Crippen LogP contribution in [0, 0.1) is 10.3 Å². The van der Waals surface area contributed by atoms with Crippen molar-refractivity contribution in [3.63, 3.8) is 0 Å². The van der Waals surface area contributed by atoms with Gasteiger partial charge in [0.15, 0.2) is 6.04 Å². The number of hydrogen-bond acceptors (Lipinski definition) is 8. The Morgan fingerprint density at radius 2 is 1.35 bits per heavy atom. The summed E-state index contributed by atoms with van der Waals surface area (Å²) < 4.78 is 0. The van der Waals surface area contributed by atoms with Crippen molar-refractivity contribution < 1.29 is 33.9 Å². The molecule has 3 aromatic rings. The molecule has 0 unspecified atom stereocenters. The molecule has 0 saturated heterocycles. The summed E-state index contributed by atoms with van der Waals surface area (Å²) >= 11 is 6.36. The quantitative estimate of drug-likeness (QED) is 0.0574. The Bertz CT molecular complexity index is 1840. The molecule has 304 valence electrons. The van der Waals surface area contributed by atoms with Crippen molar-refractivity contribution in [3.8, 4) is 0 Å². The molecule has 1 fully saturated rings. The van der Waals surface area contributed by atoms with E-state index in [0.717, 1.165) is 37.7 Å². The van der Waals surface area contributed by atoms with Gasteiger partial charge in [-0.05, 0) is 72.4 Å². The van der Waals surface area contributed by atoms with E-state index in [-0.39, 0.29) is 50.5 Å². The third-order valence-corrected chi connectivity index (χ3v) is 10.3. The number of carbonyl (C=O) groups is 6. The maximum Gasteiger partial charge on any atom is 0.303 e. The van der Waals surface area contributed by atoms with E-state index in [1.54, 1.807) is 48.5 Å². The van der Waals surface area contributed by atoms with Gasteiger partial charge in [-0.25, -0.2) is 0 Å². The highest BCUT2D eigenvalue weighted by Crippen LogP contribution is 2.44. The van der Waals surface area contributed by atoms with Gasteiger partial charge in [0.05, 0.1) is 19.4 Å². The van der Waals surface area contributed by atoms with Gasteiger partial charge in [-0.2, -0.15) is 0 Å². The van der Waals surface area contributed by atoms with Crippen molar-refractivity contribution in [1.82, 2.24) is 21.3 Å². The minimum atomic E-state index is -1.29. The van der Waals surface area contributed by atoms with Crippen molar-refractivity contribution >= 4 is 52.8 Å². The summed E-state index contributed by atoms with van der Waals surface area (Å²) in [4.78, 5) is 86.6. The minimum absolute atomic E-state index is 0.0119. The number of aliphatic carboxylic acids is 1. The third-order valence-electron chi connectivity index (χ3n) is 9.97. The number of nitrogens with zero attached hydrogens (tertiary/aromatic N) is 1. The second-order valence-corrected chi connectivity index (χ2v) is 14.9. The van der Waals surface area contributed by atoms with Crippen LogP contribution in [0.3, 0.4) is 0 Å². The van der Waals surface area contributed by atoms with Gasteiger partial charge < -0.3 is 31.7 Å². The predicted octanol–water partition coefficient (Wildman–Crippen LogP) is 4.87. The number of carboxylic acid groups (broad SMARTS) is 1. The highest BCUT2D eigenvalue weighted by Gasteiger charge is 2.38. The molecule has 2 atom stereocenters. The van der Waals surface area contributed by atoms with Gasteiger partial charge in [-0.3, -0.25) is 28.8 Å². The number of anilines is 1. The first-order valence-electron chi connectivity index (χ1n) is 19.3. The van der Waals surface area contributed by atoms with E-state index in [0.29, 0.717) is 47.8 Å². The van der Waals surface area contributed by atoms with Crippen LogP contribution in [0.1, 0.15) is 74.5 Å². The second-order valence-electron chi connectivity index (χ2n) is 14.5. The van der Waals surface area contributed by atoms with Gasteiger partial charge >= 0.3 is 5.97 Å². The summed E-state index contributed by atoms with van der Waals surface area (Å²) in [6.07, 6.45) is 5.93. The number of rotatable bonds is 23. The average molecular weight is 803 g/mol. The molecule has 0 aromatic heterocycles. The first-order valence-corrected chi connectivity index (χ1v) is 19.6. The molecule has 0 spiro atoms. The standard InChI is InChI=1S/C42H51ClN6O8/c43-33-14-6-5-13-31(33)25-34(48-36(50)24-29-11-3-1-4-12-29)41(56)47-32-17-15-30(16-18-32)23-35(49-57)40(55)46-28-38(52)45-22-10-2-9-21-44-37(51)26-42(27-39(53)54)19-7-8-20-42/h1,3-6,11-18,34-35H,2,7-10,19-28H2,(H,44,51)(H,45,52)(H,46,55)(H,47,56)(H,48,50)(H,53,54)/t34-,35-/m0/s1. The molecule has 1 aliphatic rings. The number of unbranched alkanes of at least 4 members (excludes halogenated alkanes) is 2. The molecular weight excluding hydrogens is 752 g/mol. The van der Waals surface area contributed by atoms with Crippen LogP contribution in [-0.2, 0) is 48.0 Å². The van der Waals surface area contributed by atoms with Crippen LogP contribution in [-0.4, -0.2) is 72.3 Å². The number of amides is 5. The van der Waals surface area contributed by atoms with Gasteiger partial charge in [-0.1, -0.05) is 90.3 Å². The number of halogens is 1. The first-order chi connectivity index (χ1) is 27.4. The van der Waals surface area contributed by atoms with E-state index in [9.17, 15) is 38.8 Å². The predicted molar refractivity (Wildman–Crippen MR) is 216 cm³/mol. The molecule has 6 N–H and O–H groups in total. The summed E-state index contributed by atoms with van der Waals surface area (Å²) in [6.45, 7) is 0.494. The maximum absolute atomic E-state index is 13.4. The van der Waals surface area contributed by atoms with Gasteiger partial charge in [0.25, 0.3) is 0 Å². The number of carbonyl (C=O) groups excluding carboxylic acids is 5. The SMILES string of the molecule is O=N[C@@H](Cc1ccc(NC(=O)[C@H](Cc2ccccc2Cl)NC(=O)Cc2ccccc2)cc1)C(=O)NCC(=O)NCCCCCNC(=O)CC1(CC(=O)O)CCCC1. The largest absolute Gasteiger partial charge is 0.481 e. The third kappa shape index (κ3) is 15.4. The van der Waals surface area contributed by atoms with E-state index in [4.69, 9.17) is 11.6 Å². The zero-order chi connectivity index (χ0) is 41.0. The zero-order valence-electron chi connectivity index (χ0n) is 31.9. The van der Waals surface area contributed by atoms with E-state index in [1.807, 2.05) is 30.3 Å². The molecular formula is C42H51ClN6O8. The molecule has 4 rings (SSSR count). The highest BCUT2D eigenvalue weighted by atomic mass is 35.5. The summed E-state index contributed by atoms with van der Waals surface area (Å²) in [5.41, 5.74) is 2.07. The summed E-state index contributed by atoms with van der Waals surface area (Å²) in [5.74, 6) is -2.92. The van der Waals surface area contributed by atoms with E-state index in [2.05, 4.69) is 31.8 Å². The molecule has 1 aliphatic carbocycles. The van der Waals surface area contributed by atoms with Crippen molar-refractivity contribution in [2.24, 2.45) is 10.6 Å². The number of nitrogens with one attached hydrogen (secondary N) is 5. The maximum atomic E-state index is 13.4. The Kier molecular flexibility index (Phi) is 17.6. The van der Waals surface area contributed by atoms with Gasteiger partial charge in [0.1, 0.15) is 6.04 Å². The molecule has 3 aromatic carbocycles. The number of carboxylic acids is 1. The summed E-state index contributed by atoms with van der Waals surface area (Å²) in [7, 11) is 0. The lowest BCUT2D eigenvalue weighted by Gasteiger charge is -2.26. The highest BCUT2D eigenvalue weighted by molar-refractivity contribution is 6.31. The smallest absolute Gasteiger partial charge is 0.303 e. The number of nitroso groups, excluding NO2 is 1. The molecule has 15 heteroatoms. The van der Waals surface area contributed by atoms with E-state index in [1.165, 1.54) is 0 Å². The topological polar surface area (TPSA) is 212 Å². The number of hydrogen-bond donors (Lipinski definition) is 6. The Labute approximate surface area is 337 Å². The second kappa shape index (κ2) is 22.8. The van der Waals surface area contributed by atoms with Crippen molar-refractivity contribution in [2.75, 3.05) is 25.0 Å². The van der Waals surface area contributed by atoms with Crippen LogP contribution >= 0.6 is 11.6 Å². The molecule has 0 radical (unpaired) electrons. The fourth-order valence-electron chi connectivity index (χ4n) is 6.97.